The first-order valence-corrected chi connectivity index (χ1v) is 10.6. The second kappa shape index (κ2) is 8.78. The van der Waals surface area contributed by atoms with Gasteiger partial charge < -0.3 is 25.2 Å². The van der Waals surface area contributed by atoms with Crippen LogP contribution in [0.15, 0.2) is 64.3 Å². The number of carbonyl (C=O) groups is 2. The third kappa shape index (κ3) is 4.17. The van der Waals surface area contributed by atoms with Gasteiger partial charge in [-0.25, -0.2) is 9.36 Å². The molecule has 0 radical (unpaired) electrons. The van der Waals surface area contributed by atoms with Gasteiger partial charge in [-0.2, -0.15) is 0 Å². The Morgan fingerprint density at radius 2 is 1.64 bits per heavy atom. The number of aromatic nitrogens is 3. The fraction of sp³-hybridized carbons (Fsp3) is 0.250. The van der Waals surface area contributed by atoms with Gasteiger partial charge >= 0.3 is 5.69 Å². The zero-order valence-corrected chi connectivity index (χ0v) is 18.1. The highest BCUT2D eigenvalue weighted by Gasteiger charge is 2.29. The zero-order valence-electron chi connectivity index (χ0n) is 18.1. The van der Waals surface area contributed by atoms with Crippen molar-refractivity contribution in [1.29, 1.82) is 0 Å². The van der Waals surface area contributed by atoms with Gasteiger partial charge in [-0.15, -0.1) is 0 Å². The number of para-hydroxylation sites is 2. The summed E-state index contributed by atoms with van der Waals surface area (Å²) in [7, 11) is 0. The van der Waals surface area contributed by atoms with Crippen LogP contribution in [-0.2, 0) is 16.0 Å². The Balaban J connectivity index is 1.85. The molecule has 0 aliphatic rings. The maximum Gasteiger partial charge on any atom is 0.329 e. The molecule has 33 heavy (non-hydrogen) atoms. The molecule has 2 heterocycles. The van der Waals surface area contributed by atoms with Gasteiger partial charge in [-0.3, -0.25) is 9.59 Å². The number of carbonyl (C=O) groups excluding carboxylic acids is 2. The molecular formula is C24H23N4O5-. The summed E-state index contributed by atoms with van der Waals surface area (Å²) < 4.78 is 0.853. The van der Waals surface area contributed by atoms with Crippen LogP contribution in [0.3, 0.4) is 0 Å². The number of amides is 1. The molecule has 0 saturated carbocycles. The molecule has 0 saturated heterocycles. The highest BCUT2D eigenvalue weighted by Crippen LogP contribution is 2.22. The second-order valence-electron chi connectivity index (χ2n) is 8.28. The largest absolute Gasteiger partial charge is 0.548 e. The van der Waals surface area contributed by atoms with E-state index in [1.54, 1.807) is 44.3 Å². The highest BCUT2D eigenvalue weighted by atomic mass is 16.4. The summed E-state index contributed by atoms with van der Waals surface area (Å²) in [4.78, 5) is 56.9. The average Bonchev–Trinajstić information content (AvgIpc) is 3.19. The number of benzene rings is 2. The van der Waals surface area contributed by atoms with Crippen LogP contribution in [0.4, 0.5) is 0 Å². The molecule has 2 aromatic carbocycles. The molecule has 4 aromatic rings. The van der Waals surface area contributed by atoms with Gasteiger partial charge in [0.15, 0.2) is 0 Å². The van der Waals surface area contributed by atoms with Crippen LogP contribution < -0.4 is 21.7 Å². The lowest BCUT2D eigenvalue weighted by molar-refractivity contribution is -0.309. The number of aromatic amines is 2. The molecular weight excluding hydrogens is 424 g/mol. The number of hydrogen-bond donors (Lipinski definition) is 3. The van der Waals surface area contributed by atoms with Crippen molar-refractivity contribution in [2.75, 3.05) is 0 Å². The van der Waals surface area contributed by atoms with E-state index in [2.05, 4.69) is 15.3 Å². The van der Waals surface area contributed by atoms with Crippen LogP contribution in [0.1, 0.15) is 25.5 Å². The number of carboxylic acids is 1. The number of hydrogen-bond acceptors (Lipinski definition) is 5. The second-order valence-corrected chi connectivity index (χ2v) is 8.28. The molecule has 0 unspecified atom stereocenters. The summed E-state index contributed by atoms with van der Waals surface area (Å²) in [6.07, 6.45) is 1.71. The Labute approximate surface area is 188 Å². The molecule has 0 fully saturated rings. The minimum atomic E-state index is -1.44. The van der Waals surface area contributed by atoms with Crippen molar-refractivity contribution in [3.63, 3.8) is 0 Å². The lowest BCUT2D eigenvalue weighted by Gasteiger charge is -2.26. The minimum Gasteiger partial charge on any atom is -0.548 e. The van der Waals surface area contributed by atoms with Crippen molar-refractivity contribution in [3.05, 3.63) is 81.1 Å². The first-order chi connectivity index (χ1) is 15.8. The number of rotatable bonds is 7. The van der Waals surface area contributed by atoms with Crippen LogP contribution >= 0.6 is 0 Å². The normalized spacial score (nSPS) is 13.3. The predicted molar refractivity (Wildman–Crippen MR) is 122 cm³/mol. The molecule has 2 atom stereocenters. The lowest BCUT2D eigenvalue weighted by atomic mass is 10.0. The fourth-order valence-corrected chi connectivity index (χ4v) is 4.02. The smallest absolute Gasteiger partial charge is 0.329 e. The van der Waals surface area contributed by atoms with Crippen molar-refractivity contribution in [2.24, 2.45) is 5.92 Å². The van der Waals surface area contributed by atoms with Gasteiger partial charge in [-0.05, 0) is 29.7 Å². The third-order valence-corrected chi connectivity index (χ3v) is 5.76. The Bertz CT molecular complexity index is 1460. The van der Waals surface area contributed by atoms with Crippen molar-refractivity contribution < 1.29 is 14.7 Å². The van der Waals surface area contributed by atoms with Gasteiger partial charge in [0.2, 0.25) is 5.91 Å². The lowest BCUT2D eigenvalue weighted by Crippen LogP contribution is -2.54. The van der Waals surface area contributed by atoms with Gasteiger partial charge in [0.25, 0.3) is 5.56 Å². The summed E-state index contributed by atoms with van der Waals surface area (Å²) in [6, 6.07) is 11.4. The first kappa shape index (κ1) is 22.1. The number of aliphatic carboxylic acids is 1. The van der Waals surface area contributed by atoms with Gasteiger partial charge in [0.05, 0.1) is 22.9 Å². The molecule has 1 amide bonds. The van der Waals surface area contributed by atoms with Crippen molar-refractivity contribution in [3.8, 4) is 0 Å². The van der Waals surface area contributed by atoms with Crippen LogP contribution in [0.25, 0.3) is 21.8 Å². The molecule has 0 spiro atoms. The molecule has 0 bridgehead atoms. The minimum absolute atomic E-state index is 0.00492. The molecule has 0 aliphatic heterocycles. The van der Waals surface area contributed by atoms with Crippen molar-refractivity contribution in [2.45, 2.75) is 32.4 Å². The maximum absolute atomic E-state index is 13.3. The standard InChI is InChI=1S/C24H24N4O5/c1-13(2)20(23(31)32)27-21(29)19(11-14-12-25-17-9-5-3-7-15(14)17)28-22(30)16-8-4-6-10-18(16)26-24(28)33/h3-10,12-13,19-20,25H,11H2,1-2H3,(H,26,33)(H,27,29)(H,31,32)/p-1/t19-,20+/m1/s1. The van der Waals surface area contributed by atoms with Crippen molar-refractivity contribution in [1.82, 2.24) is 19.9 Å². The third-order valence-electron chi connectivity index (χ3n) is 5.76. The number of fused-ring (bicyclic) bond motifs is 2. The molecule has 170 valence electrons. The summed E-state index contributed by atoms with van der Waals surface area (Å²) in [5.74, 6) is -2.66. The molecule has 0 aliphatic carbocycles. The topological polar surface area (TPSA) is 140 Å². The Kier molecular flexibility index (Phi) is 5.87. The Morgan fingerprint density at radius 1 is 1.00 bits per heavy atom. The number of nitrogens with zero attached hydrogens (tertiary/aromatic N) is 1. The first-order valence-electron chi connectivity index (χ1n) is 10.6. The number of nitrogens with one attached hydrogen (secondary N) is 3. The molecule has 4 rings (SSSR count). The predicted octanol–water partition coefficient (Wildman–Crippen LogP) is 0.846. The van der Waals surface area contributed by atoms with Crippen LogP contribution in [-0.4, -0.2) is 32.5 Å². The number of H-pyrrole nitrogens is 2. The van der Waals surface area contributed by atoms with E-state index in [4.69, 9.17) is 0 Å². The van der Waals surface area contributed by atoms with Crippen LogP contribution in [0.2, 0.25) is 0 Å². The number of carboxylic acid groups (broad SMARTS) is 1. The zero-order chi connectivity index (χ0) is 23.7. The van der Waals surface area contributed by atoms with Crippen LogP contribution in [0, 0.1) is 5.92 Å². The van der Waals surface area contributed by atoms with E-state index in [0.717, 1.165) is 15.5 Å². The van der Waals surface area contributed by atoms with Crippen molar-refractivity contribution >= 4 is 33.7 Å². The van der Waals surface area contributed by atoms with E-state index in [1.807, 2.05) is 24.3 Å². The fourth-order valence-electron chi connectivity index (χ4n) is 4.02. The molecule has 3 N–H and O–H groups in total. The SMILES string of the molecule is CC(C)[C@H](NC(=O)[C@@H](Cc1c[nH]c2ccccc12)n1c(=O)[nH]c2ccccc2c1=O)C(=O)[O-]. The van der Waals surface area contributed by atoms with E-state index < -0.39 is 41.1 Å². The highest BCUT2D eigenvalue weighted by molar-refractivity contribution is 5.88. The van der Waals surface area contributed by atoms with E-state index in [-0.39, 0.29) is 11.8 Å². The van der Waals surface area contributed by atoms with Gasteiger partial charge in [0.1, 0.15) is 6.04 Å². The summed E-state index contributed by atoms with van der Waals surface area (Å²) in [6.45, 7) is 3.26. The Morgan fingerprint density at radius 3 is 2.30 bits per heavy atom. The summed E-state index contributed by atoms with van der Waals surface area (Å²) in [5, 5.41) is 15.1. The van der Waals surface area contributed by atoms with E-state index in [1.165, 1.54) is 0 Å². The summed E-state index contributed by atoms with van der Waals surface area (Å²) in [5.41, 5.74) is 0.503. The van der Waals surface area contributed by atoms with Gasteiger partial charge in [0, 0.05) is 23.5 Å². The Hall–Kier alpha value is -4.14. The van der Waals surface area contributed by atoms with E-state index in [9.17, 15) is 24.3 Å². The summed E-state index contributed by atoms with van der Waals surface area (Å²) >= 11 is 0. The molecule has 9 nitrogen and oxygen atoms in total. The van der Waals surface area contributed by atoms with Crippen LogP contribution in [0.5, 0.6) is 0 Å². The monoisotopic (exact) mass is 447 g/mol. The van der Waals surface area contributed by atoms with E-state index in [0.29, 0.717) is 11.1 Å². The van der Waals surface area contributed by atoms with E-state index >= 15 is 0 Å². The maximum atomic E-state index is 13.3. The van der Waals surface area contributed by atoms with Gasteiger partial charge in [-0.1, -0.05) is 44.2 Å². The quantitative estimate of drug-likeness (QED) is 0.385. The molecule has 2 aromatic heterocycles. The average molecular weight is 447 g/mol. The molecule has 9 heteroatoms.